The third kappa shape index (κ3) is 2.11. The molecule has 0 radical (unpaired) electrons. The van der Waals surface area contributed by atoms with E-state index in [1.54, 1.807) is 11.3 Å². The van der Waals surface area contributed by atoms with Gasteiger partial charge in [0.05, 0.1) is 11.6 Å². The van der Waals surface area contributed by atoms with Crippen molar-refractivity contribution >= 4 is 23.1 Å². The fourth-order valence-corrected chi connectivity index (χ4v) is 4.60. The molecule has 1 fully saturated rings. The largest absolute Gasteiger partial charge is 0.383 e. The molecule has 5 heteroatoms. The minimum atomic E-state index is 0.0691. The van der Waals surface area contributed by atoms with Crippen molar-refractivity contribution < 1.29 is 4.79 Å². The first-order chi connectivity index (χ1) is 10.8. The van der Waals surface area contributed by atoms with Crippen LogP contribution in [0.2, 0.25) is 0 Å². The summed E-state index contributed by atoms with van der Waals surface area (Å²) < 4.78 is 0. The Morgan fingerprint density at radius 3 is 3.09 bits per heavy atom. The van der Waals surface area contributed by atoms with Crippen LogP contribution in [0.3, 0.4) is 0 Å². The molecule has 1 amide bonds. The molecule has 2 aromatic heterocycles. The van der Waals surface area contributed by atoms with Crippen molar-refractivity contribution in [1.82, 2.24) is 9.88 Å². The first-order valence-corrected chi connectivity index (χ1v) is 8.74. The normalized spacial score (nSPS) is 20.4. The molecular formula is C17H19N3OS. The van der Waals surface area contributed by atoms with Crippen LogP contribution in [0, 0.1) is 0 Å². The molecule has 0 spiro atoms. The van der Waals surface area contributed by atoms with Crippen molar-refractivity contribution in [2.45, 2.75) is 38.1 Å². The molecule has 0 aromatic carbocycles. The number of hydrogen-bond donors (Lipinski definition) is 1. The molecule has 1 unspecified atom stereocenters. The minimum absolute atomic E-state index is 0.0691. The second-order valence-electron chi connectivity index (χ2n) is 6.05. The highest BCUT2D eigenvalue weighted by atomic mass is 32.1. The molecule has 0 bridgehead atoms. The zero-order chi connectivity index (χ0) is 15.1. The van der Waals surface area contributed by atoms with E-state index in [-0.39, 0.29) is 11.9 Å². The number of carbonyl (C=O) groups excluding carboxylic acids is 1. The lowest BCUT2D eigenvalue weighted by atomic mass is 10.0. The number of carbonyl (C=O) groups is 1. The number of nitrogens with two attached hydrogens (primary N) is 1. The number of amides is 1. The van der Waals surface area contributed by atoms with E-state index >= 15 is 0 Å². The van der Waals surface area contributed by atoms with Gasteiger partial charge in [0.1, 0.15) is 5.82 Å². The van der Waals surface area contributed by atoms with Gasteiger partial charge in [0, 0.05) is 17.6 Å². The van der Waals surface area contributed by atoms with Crippen molar-refractivity contribution in [2.75, 3.05) is 12.3 Å². The van der Waals surface area contributed by atoms with E-state index in [1.807, 2.05) is 11.1 Å². The van der Waals surface area contributed by atoms with Crippen LogP contribution in [0.1, 0.15) is 51.7 Å². The highest BCUT2D eigenvalue weighted by Gasteiger charge is 2.34. The van der Waals surface area contributed by atoms with Gasteiger partial charge < -0.3 is 10.6 Å². The predicted octanol–water partition coefficient (Wildman–Crippen LogP) is 3.19. The van der Waals surface area contributed by atoms with Gasteiger partial charge in [0.25, 0.3) is 5.91 Å². The Balaban J connectivity index is 1.72. The Bertz CT molecular complexity index is 711. The lowest BCUT2D eigenvalue weighted by Gasteiger charge is -2.25. The van der Waals surface area contributed by atoms with Crippen molar-refractivity contribution in [2.24, 2.45) is 0 Å². The van der Waals surface area contributed by atoms with Crippen LogP contribution in [0.5, 0.6) is 0 Å². The van der Waals surface area contributed by atoms with Crippen LogP contribution < -0.4 is 5.73 Å². The maximum atomic E-state index is 13.1. The average molecular weight is 313 g/mol. The molecule has 0 saturated carbocycles. The second kappa shape index (κ2) is 5.39. The summed E-state index contributed by atoms with van der Waals surface area (Å²) in [5, 5.41) is 2.08. The summed E-state index contributed by atoms with van der Waals surface area (Å²) in [6.07, 6.45) is 6.98. The van der Waals surface area contributed by atoms with Crippen LogP contribution in [0.25, 0.3) is 0 Å². The van der Waals surface area contributed by atoms with Crippen molar-refractivity contribution in [3.05, 3.63) is 45.3 Å². The topological polar surface area (TPSA) is 59.2 Å². The van der Waals surface area contributed by atoms with E-state index in [0.29, 0.717) is 11.4 Å². The number of nitrogens with zero attached hydrogens (tertiary/aromatic N) is 2. The van der Waals surface area contributed by atoms with Gasteiger partial charge in [-0.05, 0) is 54.7 Å². The average Bonchev–Trinajstić information content (AvgIpc) is 3.25. The maximum absolute atomic E-state index is 13.1. The van der Waals surface area contributed by atoms with Gasteiger partial charge in [0.15, 0.2) is 0 Å². The Morgan fingerprint density at radius 2 is 2.27 bits per heavy atom. The van der Waals surface area contributed by atoms with Crippen molar-refractivity contribution in [1.29, 1.82) is 0 Å². The van der Waals surface area contributed by atoms with Gasteiger partial charge in [-0.25, -0.2) is 4.98 Å². The lowest BCUT2D eigenvalue weighted by Crippen LogP contribution is -2.31. The molecule has 2 aliphatic rings. The molecule has 1 aliphatic carbocycles. The number of aryl methyl sites for hydroxylation is 1. The summed E-state index contributed by atoms with van der Waals surface area (Å²) >= 11 is 1.73. The van der Waals surface area contributed by atoms with Crippen LogP contribution in [0.15, 0.2) is 23.7 Å². The predicted molar refractivity (Wildman–Crippen MR) is 88.0 cm³/mol. The first-order valence-electron chi connectivity index (χ1n) is 7.86. The summed E-state index contributed by atoms with van der Waals surface area (Å²) in [5.41, 5.74) is 9.07. The smallest absolute Gasteiger partial charge is 0.258 e. The highest BCUT2D eigenvalue weighted by molar-refractivity contribution is 7.10. The fourth-order valence-electron chi connectivity index (χ4n) is 3.73. The van der Waals surface area contributed by atoms with Crippen molar-refractivity contribution in [3.63, 3.8) is 0 Å². The van der Waals surface area contributed by atoms with E-state index < -0.39 is 0 Å². The van der Waals surface area contributed by atoms with Gasteiger partial charge in [-0.15, -0.1) is 11.3 Å². The van der Waals surface area contributed by atoms with E-state index in [9.17, 15) is 4.79 Å². The van der Waals surface area contributed by atoms with E-state index in [2.05, 4.69) is 22.5 Å². The summed E-state index contributed by atoms with van der Waals surface area (Å²) in [6, 6.07) is 4.37. The number of likely N-dealkylation sites (tertiary alicyclic amines) is 1. The van der Waals surface area contributed by atoms with E-state index in [0.717, 1.165) is 44.2 Å². The number of nitrogen functional groups attached to an aromatic ring is 1. The van der Waals surface area contributed by atoms with Gasteiger partial charge in [0.2, 0.25) is 0 Å². The Labute approximate surface area is 134 Å². The maximum Gasteiger partial charge on any atom is 0.258 e. The van der Waals surface area contributed by atoms with E-state index in [1.165, 1.54) is 10.4 Å². The number of hydrogen-bond acceptors (Lipinski definition) is 4. The molecule has 1 aliphatic heterocycles. The summed E-state index contributed by atoms with van der Waals surface area (Å²) in [4.78, 5) is 20.7. The summed E-state index contributed by atoms with van der Waals surface area (Å²) in [5.74, 6) is 0.460. The number of thiophene rings is 1. The first kappa shape index (κ1) is 13.8. The van der Waals surface area contributed by atoms with Crippen LogP contribution >= 0.6 is 11.3 Å². The van der Waals surface area contributed by atoms with E-state index in [4.69, 9.17) is 5.73 Å². The number of anilines is 1. The Morgan fingerprint density at radius 1 is 1.36 bits per heavy atom. The van der Waals surface area contributed by atoms with Crippen LogP contribution in [-0.2, 0) is 12.8 Å². The number of pyridine rings is 1. The van der Waals surface area contributed by atoms with Gasteiger partial charge in [-0.1, -0.05) is 6.07 Å². The van der Waals surface area contributed by atoms with Gasteiger partial charge >= 0.3 is 0 Å². The molecule has 22 heavy (non-hydrogen) atoms. The zero-order valence-corrected chi connectivity index (χ0v) is 13.2. The third-order valence-electron chi connectivity index (χ3n) is 4.78. The minimum Gasteiger partial charge on any atom is -0.383 e. The van der Waals surface area contributed by atoms with Crippen molar-refractivity contribution in [3.8, 4) is 0 Å². The molecule has 3 heterocycles. The number of fused-ring (bicyclic) bond motifs is 1. The Hall–Kier alpha value is -1.88. The molecule has 1 saturated heterocycles. The number of rotatable bonds is 2. The molecule has 4 rings (SSSR count). The molecule has 4 nitrogen and oxygen atoms in total. The summed E-state index contributed by atoms with van der Waals surface area (Å²) in [6.45, 7) is 0.810. The lowest BCUT2D eigenvalue weighted by molar-refractivity contribution is 0.0737. The summed E-state index contributed by atoms with van der Waals surface area (Å²) in [7, 11) is 0. The zero-order valence-electron chi connectivity index (χ0n) is 12.4. The standard InChI is InChI=1S/C17H19N3OS/c18-16-15(12-5-1-4-11(12)10-19-16)17(21)20-8-2-6-13(20)14-7-3-9-22-14/h3,7,9-10,13H,1-2,4-6,8H2,(H2,18,19). The molecular weight excluding hydrogens is 294 g/mol. The monoisotopic (exact) mass is 313 g/mol. The number of aromatic nitrogens is 1. The highest BCUT2D eigenvalue weighted by Crippen LogP contribution is 2.37. The molecule has 2 N–H and O–H groups in total. The van der Waals surface area contributed by atoms with Crippen LogP contribution in [-0.4, -0.2) is 22.3 Å². The molecule has 114 valence electrons. The third-order valence-corrected chi connectivity index (χ3v) is 5.75. The van der Waals surface area contributed by atoms with Gasteiger partial charge in [-0.3, -0.25) is 4.79 Å². The molecule has 1 atom stereocenters. The second-order valence-corrected chi connectivity index (χ2v) is 7.03. The molecule has 2 aromatic rings. The Kier molecular flexibility index (Phi) is 3.37. The fraction of sp³-hybridized carbons (Fsp3) is 0.412. The quantitative estimate of drug-likeness (QED) is 0.926. The SMILES string of the molecule is Nc1ncc2c(c1C(=O)N1CCCC1c1cccs1)CCC2. The van der Waals surface area contributed by atoms with Crippen LogP contribution in [0.4, 0.5) is 5.82 Å². The van der Waals surface area contributed by atoms with Gasteiger partial charge in [-0.2, -0.15) is 0 Å².